The van der Waals surface area contributed by atoms with Crippen molar-refractivity contribution in [3.63, 3.8) is 0 Å². The van der Waals surface area contributed by atoms with Gasteiger partial charge < -0.3 is 4.74 Å². The first-order chi connectivity index (χ1) is 17.7. The fourth-order valence-electron chi connectivity index (χ4n) is 4.49. The third kappa shape index (κ3) is 6.45. The van der Waals surface area contributed by atoms with Crippen LogP contribution in [0.25, 0.3) is 10.8 Å². The van der Waals surface area contributed by atoms with Crippen LogP contribution in [0.5, 0.6) is 5.75 Å². The number of hydrogen-bond acceptors (Lipinski definition) is 1. The number of hydrogen-bond donors (Lipinski definition) is 0. The fourth-order valence-corrected chi connectivity index (χ4v) is 4.49. The molecule has 0 heterocycles. The second kappa shape index (κ2) is 11.7. The Morgan fingerprint density at radius 3 is 1.89 bits per heavy atom. The van der Waals surface area contributed by atoms with Gasteiger partial charge in [0.1, 0.15) is 11.6 Å². The molecule has 0 amide bonds. The van der Waals surface area contributed by atoms with Gasteiger partial charge in [-0.2, -0.15) is 8.78 Å². The van der Waals surface area contributed by atoms with Crippen LogP contribution in [0.1, 0.15) is 41.2 Å². The Hall–Kier alpha value is -3.48. The van der Waals surface area contributed by atoms with E-state index in [0.29, 0.717) is 34.7 Å². The third-order valence-electron chi connectivity index (χ3n) is 6.39. The summed E-state index contributed by atoms with van der Waals surface area (Å²) in [5.41, 5.74) is 3.13. The second-order valence-corrected chi connectivity index (χ2v) is 9.04. The molecule has 1 nitrogen and oxygen atoms in total. The minimum absolute atomic E-state index is 0.103. The molecular formula is C30H26F6O. The standard InChI is InChI=1S/C30H26F6O/c1-2-3-18-4-8-21(25(31)15-18)9-5-19-7-13-24-23(14-19)12-11-22(28(24)34)10-6-20-16-26(32)29(27(33)17-20)37-30(35)36/h4,7-8,11-17,30H,2-3,5-6,9-10H2,1H3. The molecule has 0 aromatic heterocycles. The number of ether oxygens (including phenoxy) is 1. The van der Waals surface area contributed by atoms with Crippen molar-refractivity contribution >= 4 is 10.8 Å². The van der Waals surface area contributed by atoms with E-state index in [2.05, 4.69) is 11.7 Å². The SMILES string of the molecule is CCCc1ccc(CCc2ccc3c(F)c(CCc4cc(F)c(OC(F)F)c(F)c4)ccc3c2)c(F)c1. The lowest BCUT2D eigenvalue weighted by Gasteiger charge is -2.11. The molecule has 7 heteroatoms. The second-order valence-electron chi connectivity index (χ2n) is 9.04. The Morgan fingerprint density at radius 2 is 1.22 bits per heavy atom. The van der Waals surface area contributed by atoms with Crippen molar-refractivity contribution < 1.29 is 31.1 Å². The van der Waals surface area contributed by atoms with Gasteiger partial charge in [-0.25, -0.2) is 17.6 Å². The van der Waals surface area contributed by atoms with Crippen LogP contribution in [0.4, 0.5) is 26.3 Å². The van der Waals surface area contributed by atoms with E-state index in [4.69, 9.17) is 0 Å². The normalized spacial score (nSPS) is 11.5. The molecule has 0 radical (unpaired) electrons. The maximum Gasteiger partial charge on any atom is 0.387 e. The van der Waals surface area contributed by atoms with Gasteiger partial charge in [-0.1, -0.05) is 55.8 Å². The predicted octanol–water partition coefficient (Wildman–Crippen LogP) is 8.52. The largest absolute Gasteiger partial charge is 0.429 e. The Morgan fingerprint density at radius 1 is 0.622 bits per heavy atom. The van der Waals surface area contributed by atoms with E-state index in [-0.39, 0.29) is 24.2 Å². The van der Waals surface area contributed by atoms with Gasteiger partial charge in [-0.15, -0.1) is 0 Å². The van der Waals surface area contributed by atoms with Gasteiger partial charge in [0.05, 0.1) is 0 Å². The minimum atomic E-state index is -3.35. The Labute approximate surface area is 211 Å². The van der Waals surface area contributed by atoms with E-state index in [9.17, 15) is 22.0 Å². The monoisotopic (exact) mass is 516 g/mol. The van der Waals surface area contributed by atoms with Crippen LogP contribution in [0.2, 0.25) is 0 Å². The highest BCUT2D eigenvalue weighted by Crippen LogP contribution is 2.28. The zero-order valence-corrected chi connectivity index (χ0v) is 20.3. The van der Waals surface area contributed by atoms with Gasteiger partial charge in [0.15, 0.2) is 17.4 Å². The molecule has 0 atom stereocenters. The van der Waals surface area contributed by atoms with E-state index in [1.807, 2.05) is 24.3 Å². The minimum Gasteiger partial charge on any atom is -0.429 e. The Bertz CT molecular complexity index is 1380. The molecule has 0 aliphatic rings. The molecule has 0 fully saturated rings. The van der Waals surface area contributed by atoms with Crippen molar-refractivity contribution in [3.05, 3.63) is 112 Å². The summed E-state index contributed by atoms with van der Waals surface area (Å²) < 4.78 is 86.0. The van der Waals surface area contributed by atoms with Crippen LogP contribution in [0.15, 0.2) is 60.7 Å². The number of halogens is 6. The van der Waals surface area contributed by atoms with Crippen molar-refractivity contribution in [2.75, 3.05) is 0 Å². The van der Waals surface area contributed by atoms with E-state index >= 15 is 4.39 Å². The van der Waals surface area contributed by atoms with Crippen LogP contribution in [-0.2, 0) is 32.1 Å². The molecule has 0 N–H and O–H groups in total. The molecule has 4 aromatic carbocycles. The Kier molecular flexibility index (Phi) is 8.41. The predicted molar refractivity (Wildman–Crippen MR) is 132 cm³/mol. The first-order valence-corrected chi connectivity index (χ1v) is 12.1. The topological polar surface area (TPSA) is 9.23 Å². The van der Waals surface area contributed by atoms with Crippen LogP contribution >= 0.6 is 0 Å². The average molecular weight is 517 g/mol. The highest BCUT2D eigenvalue weighted by molar-refractivity contribution is 5.84. The molecule has 194 valence electrons. The van der Waals surface area contributed by atoms with Crippen molar-refractivity contribution in [1.29, 1.82) is 0 Å². The van der Waals surface area contributed by atoms with Crippen molar-refractivity contribution in [2.45, 2.75) is 52.1 Å². The number of fused-ring (bicyclic) bond motifs is 1. The van der Waals surface area contributed by atoms with Gasteiger partial charge in [0.25, 0.3) is 0 Å². The van der Waals surface area contributed by atoms with Gasteiger partial charge in [-0.3, -0.25) is 0 Å². The highest BCUT2D eigenvalue weighted by atomic mass is 19.3. The summed E-state index contributed by atoms with van der Waals surface area (Å²) in [6, 6.07) is 15.9. The van der Waals surface area contributed by atoms with E-state index < -0.39 is 29.8 Å². The molecule has 0 aliphatic heterocycles. The van der Waals surface area contributed by atoms with E-state index in [1.165, 1.54) is 0 Å². The van der Waals surface area contributed by atoms with E-state index in [1.54, 1.807) is 24.3 Å². The lowest BCUT2D eigenvalue weighted by atomic mass is 9.97. The van der Waals surface area contributed by atoms with Crippen molar-refractivity contribution in [1.82, 2.24) is 0 Å². The summed E-state index contributed by atoms with van der Waals surface area (Å²) in [6.45, 7) is -1.30. The summed E-state index contributed by atoms with van der Waals surface area (Å²) in [5.74, 6) is -4.25. The molecule has 0 saturated heterocycles. The van der Waals surface area contributed by atoms with Gasteiger partial charge in [0.2, 0.25) is 0 Å². The van der Waals surface area contributed by atoms with Crippen LogP contribution in [-0.4, -0.2) is 6.61 Å². The Balaban J connectivity index is 1.44. The maximum atomic E-state index is 15.2. The zero-order valence-electron chi connectivity index (χ0n) is 20.3. The average Bonchev–Trinajstić information content (AvgIpc) is 2.85. The molecule has 37 heavy (non-hydrogen) atoms. The number of benzene rings is 4. The fraction of sp³-hybridized carbons (Fsp3) is 0.267. The molecule has 0 saturated carbocycles. The number of aryl methyl sites for hydroxylation is 5. The molecule has 0 aliphatic carbocycles. The highest BCUT2D eigenvalue weighted by Gasteiger charge is 2.17. The molecule has 4 aromatic rings. The summed E-state index contributed by atoms with van der Waals surface area (Å²) in [7, 11) is 0. The molecule has 0 bridgehead atoms. The lowest BCUT2D eigenvalue weighted by Crippen LogP contribution is -2.06. The smallest absolute Gasteiger partial charge is 0.387 e. The summed E-state index contributed by atoms with van der Waals surface area (Å²) in [5, 5.41) is 1.11. The molecule has 4 rings (SSSR count). The number of alkyl halides is 2. The molecule has 0 spiro atoms. The van der Waals surface area contributed by atoms with Crippen LogP contribution in [0.3, 0.4) is 0 Å². The third-order valence-corrected chi connectivity index (χ3v) is 6.39. The van der Waals surface area contributed by atoms with E-state index in [0.717, 1.165) is 36.1 Å². The lowest BCUT2D eigenvalue weighted by molar-refractivity contribution is -0.0546. The van der Waals surface area contributed by atoms with Gasteiger partial charge >= 0.3 is 6.61 Å². The first-order valence-electron chi connectivity index (χ1n) is 12.1. The van der Waals surface area contributed by atoms with Crippen molar-refractivity contribution in [3.8, 4) is 5.75 Å². The molecule has 0 unspecified atom stereocenters. The molecular weight excluding hydrogens is 490 g/mol. The van der Waals surface area contributed by atoms with Gasteiger partial charge in [-0.05, 0) is 83.5 Å². The number of rotatable bonds is 10. The first kappa shape index (κ1) is 26.6. The quantitative estimate of drug-likeness (QED) is 0.192. The summed E-state index contributed by atoms with van der Waals surface area (Å²) in [6.07, 6.45) is 3.18. The van der Waals surface area contributed by atoms with Crippen LogP contribution < -0.4 is 4.74 Å². The summed E-state index contributed by atoms with van der Waals surface area (Å²) in [4.78, 5) is 0. The maximum absolute atomic E-state index is 15.2. The van der Waals surface area contributed by atoms with Crippen LogP contribution in [0, 0.1) is 23.3 Å². The van der Waals surface area contributed by atoms with Crippen molar-refractivity contribution in [2.24, 2.45) is 0 Å². The zero-order chi connectivity index (χ0) is 26.5. The summed E-state index contributed by atoms with van der Waals surface area (Å²) >= 11 is 0. The van der Waals surface area contributed by atoms with Gasteiger partial charge in [0, 0.05) is 5.39 Å².